The minimum atomic E-state index is 1.09. The molecule has 2 rings (SSSR count). The van der Waals surface area contributed by atoms with Gasteiger partial charge in [0.05, 0.1) is 0 Å². The van der Waals surface area contributed by atoms with Gasteiger partial charge in [0.2, 0.25) is 0 Å². The number of aryl methyl sites for hydroxylation is 2. The van der Waals surface area contributed by atoms with Crippen LogP contribution in [0.15, 0.2) is 48.5 Å². The second kappa shape index (κ2) is 6.25. The van der Waals surface area contributed by atoms with Gasteiger partial charge in [-0.05, 0) is 48.2 Å². The number of hydrogen-bond donors (Lipinski definition) is 1. The fourth-order valence-corrected chi connectivity index (χ4v) is 2.03. The van der Waals surface area contributed by atoms with Crippen LogP contribution in [0.1, 0.15) is 31.4 Å². The summed E-state index contributed by atoms with van der Waals surface area (Å²) in [6.07, 6.45) is 3.45. The van der Waals surface area contributed by atoms with Gasteiger partial charge < -0.3 is 5.32 Å². The molecule has 0 aromatic heterocycles. The average Bonchev–Trinajstić information content (AvgIpc) is 2.42. The number of rotatable bonds is 5. The van der Waals surface area contributed by atoms with Crippen LogP contribution in [0.2, 0.25) is 0 Å². The van der Waals surface area contributed by atoms with Crippen molar-refractivity contribution in [1.29, 1.82) is 0 Å². The summed E-state index contributed by atoms with van der Waals surface area (Å²) in [6, 6.07) is 17.3. The van der Waals surface area contributed by atoms with Gasteiger partial charge in [0.15, 0.2) is 0 Å². The quantitative estimate of drug-likeness (QED) is 0.778. The fourth-order valence-electron chi connectivity index (χ4n) is 2.03. The molecule has 1 nitrogen and oxygen atoms in total. The van der Waals surface area contributed by atoms with E-state index in [1.165, 1.54) is 17.5 Å². The van der Waals surface area contributed by atoms with Crippen LogP contribution in [0, 0.1) is 0 Å². The number of benzene rings is 2. The topological polar surface area (TPSA) is 12.0 Å². The van der Waals surface area contributed by atoms with Gasteiger partial charge in [-0.1, -0.05) is 44.5 Å². The highest BCUT2D eigenvalue weighted by Gasteiger charge is 1.96. The van der Waals surface area contributed by atoms with E-state index in [9.17, 15) is 0 Å². The van der Waals surface area contributed by atoms with Gasteiger partial charge >= 0.3 is 0 Å². The van der Waals surface area contributed by atoms with Crippen molar-refractivity contribution in [3.63, 3.8) is 0 Å². The number of hydrogen-bond acceptors (Lipinski definition) is 1. The molecule has 2 aromatic carbocycles. The molecule has 2 aromatic rings. The van der Waals surface area contributed by atoms with Crippen molar-refractivity contribution >= 4 is 11.4 Å². The first kappa shape index (κ1) is 12.7. The van der Waals surface area contributed by atoms with E-state index in [1.54, 1.807) is 0 Å². The Labute approximate surface area is 110 Å². The Hall–Kier alpha value is -1.76. The Kier molecular flexibility index (Phi) is 4.40. The fraction of sp³-hybridized carbons (Fsp3) is 0.294. The van der Waals surface area contributed by atoms with E-state index in [4.69, 9.17) is 0 Å². The summed E-state index contributed by atoms with van der Waals surface area (Å²) in [5.41, 5.74) is 5.08. The first-order valence-corrected chi connectivity index (χ1v) is 6.76. The van der Waals surface area contributed by atoms with Crippen LogP contribution in [0.5, 0.6) is 0 Å². The number of nitrogens with one attached hydrogen (secondary N) is 1. The zero-order chi connectivity index (χ0) is 12.8. The zero-order valence-corrected chi connectivity index (χ0v) is 11.2. The van der Waals surface area contributed by atoms with Gasteiger partial charge in [-0.2, -0.15) is 0 Å². The predicted molar refractivity (Wildman–Crippen MR) is 79.5 cm³/mol. The molecule has 94 valence electrons. The van der Waals surface area contributed by atoms with Crippen molar-refractivity contribution in [1.82, 2.24) is 0 Å². The van der Waals surface area contributed by atoms with Crippen molar-refractivity contribution in [2.75, 3.05) is 5.32 Å². The lowest BCUT2D eigenvalue weighted by Crippen LogP contribution is -1.91. The van der Waals surface area contributed by atoms with Gasteiger partial charge in [0.1, 0.15) is 0 Å². The van der Waals surface area contributed by atoms with Crippen molar-refractivity contribution in [2.24, 2.45) is 0 Å². The Morgan fingerprint density at radius 3 is 1.67 bits per heavy atom. The summed E-state index contributed by atoms with van der Waals surface area (Å²) < 4.78 is 0. The lowest BCUT2D eigenvalue weighted by atomic mass is 10.1. The van der Waals surface area contributed by atoms with Gasteiger partial charge in [0, 0.05) is 11.4 Å². The van der Waals surface area contributed by atoms with Gasteiger partial charge in [-0.15, -0.1) is 0 Å². The Balaban J connectivity index is 2.03. The first-order valence-electron chi connectivity index (χ1n) is 6.76. The summed E-state index contributed by atoms with van der Waals surface area (Å²) in [4.78, 5) is 0. The Morgan fingerprint density at radius 1 is 0.722 bits per heavy atom. The van der Waals surface area contributed by atoms with Crippen molar-refractivity contribution in [3.8, 4) is 0 Å². The SMILES string of the molecule is CCCc1ccc(Nc2ccc(CC)cc2)cc1. The molecule has 1 N–H and O–H groups in total. The molecule has 0 amide bonds. The van der Waals surface area contributed by atoms with E-state index in [2.05, 4.69) is 67.7 Å². The molecular formula is C17H21N. The van der Waals surface area contributed by atoms with Crippen LogP contribution in [-0.2, 0) is 12.8 Å². The summed E-state index contributed by atoms with van der Waals surface area (Å²) in [5, 5.41) is 3.42. The maximum absolute atomic E-state index is 3.42. The van der Waals surface area contributed by atoms with E-state index in [1.807, 2.05) is 0 Å². The lowest BCUT2D eigenvalue weighted by molar-refractivity contribution is 0.922. The monoisotopic (exact) mass is 239 g/mol. The van der Waals surface area contributed by atoms with E-state index in [0.717, 1.165) is 24.2 Å². The largest absolute Gasteiger partial charge is 0.356 e. The predicted octanol–water partition coefficient (Wildman–Crippen LogP) is 4.95. The van der Waals surface area contributed by atoms with E-state index in [-0.39, 0.29) is 0 Å². The zero-order valence-electron chi connectivity index (χ0n) is 11.2. The van der Waals surface area contributed by atoms with Gasteiger partial charge in [-0.3, -0.25) is 0 Å². The molecule has 0 heterocycles. The summed E-state index contributed by atoms with van der Waals surface area (Å²) in [7, 11) is 0. The Morgan fingerprint density at radius 2 is 1.22 bits per heavy atom. The molecular weight excluding hydrogens is 218 g/mol. The third-order valence-electron chi connectivity index (χ3n) is 3.14. The highest BCUT2D eigenvalue weighted by molar-refractivity contribution is 5.60. The maximum atomic E-state index is 3.42. The second-order valence-corrected chi connectivity index (χ2v) is 4.62. The molecule has 0 radical (unpaired) electrons. The van der Waals surface area contributed by atoms with E-state index >= 15 is 0 Å². The number of anilines is 2. The van der Waals surface area contributed by atoms with Crippen LogP contribution < -0.4 is 5.32 Å². The first-order chi connectivity index (χ1) is 8.81. The maximum Gasteiger partial charge on any atom is 0.0384 e. The minimum absolute atomic E-state index is 1.09. The molecule has 0 unspecified atom stereocenters. The third-order valence-corrected chi connectivity index (χ3v) is 3.14. The summed E-state index contributed by atoms with van der Waals surface area (Å²) in [6.45, 7) is 4.39. The average molecular weight is 239 g/mol. The summed E-state index contributed by atoms with van der Waals surface area (Å²) >= 11 is 0. The Bertz CT molecular complexity index is 468. The molecule has 0 bridgehead atoms. The smallest absolute Gasteiger partial charge is 0.0384 e. The molecule has 0 fully saturated rings. The molecule has 0 spiro atoms. The van der Waals surface area contributed by atoms with Gasteiger partial charge in [0.25, 0.3) is 0 Å². The second-order valence-electron chi connectivity index (χ2n) is 4.62. The third kappa shape index (κ3) is 3.36. The van der Waals surface area contributed by atoms with E-state index < -0.39 is 0 Å². The molecule has 0 aliphatic carbocycles. The highest BCUT2D eigenvalue weighted by atomic mass is 14.9. The molecule has 1 heteroatoms. The van der Waals surface area contributed by atoms with Gasteiger partial charge in [-0.25, -0.2) is 0 Å². The molecule has 18 heavy (non-hydrogen) atoms. The molecule has 0 saturated heterocycles. The highest BCUT2D eigenvalue weighted by Crippen LogP contribution is 2.18. The molecule has 0 aliphatic rings. The van der Waals surface area contributed by atoms with Crippen LogP contribution >= 0.6 is 0 Å². The van der Waals surface area contributed by atoms with Crippen molar-refractivity contribution in [2.45, 2.75) is 33.1 Å². The van der Waals surface area contributed by atoms with Crippen molar-refractivity contribution in [3.05, 3.63) is 59.7 Å². The molecule has 0 atom stereocenters. The van der Waals surface area contributed by atoms with Crippen LogP contribution in [-0.4, -0.2) is 0 Å². The normalized spacial score (nSPS) is 10.3. The minimum Gasteiger partial charge on any atom is -0.356 e. The van der Waals surface area contributed by atoms with E-state index in [0.29, 0.717) is 0 Å². The van der Waals surface area contributed by atoms with Crippen LogP contribution in [0.4, 0.5) is 11.4 Å². The standard InChI is InChI=1S/C17H21N/c1-3-5-15-8-12-17(13-9-15)18-16-10-6-14(4-2)7-11-16/h6-13,18H,3-5H2,1-2H3. The summed E-state index contributed by atoms with van der Waals surface area (Å²) in [5.74, 6) is 0. The molecule has 0 aliphatic heterocycles. The van der Waals surface area contributed by atoms with Crippen molar-refractivity contribution < 1.29 is 0 Å². The van der Waals surface area contributed by atoms with Crippen LogP contribution in [0.3, 0.4) is 0 Å². The molecule has 0 saturated carbocycles. The lowest BCUT2D eigenvalue weighted by Gasteiger charge is -2.08. The van der Waals surface area contributed by atoms with Crippen LogP contribution in [0.25, 0.3) is 0 Å².